The molecule has 1 aromatic heterocycles. The molecular weight excluding hydrogens is 612 g/mol. The summed E-state index contributed by atoms with van der Waals surface area (Å²) in [6, 6.07) is -0.839. The Morgan fingerprint density at radius 1 is 0.891 bits per heavy atom. The molecule has 13 nitrogen and oxygen atoms in total. The van der Waals surface area contributed by atoms with Crippen LogP contribution >= 0.6 is 0 Å². The molecule has 4 aliphatic rings. The highest BCUT2D eigenvalue weighted by atomic mass is 32.2. The number of sulfone groups is 1. The van der Waals surface area contributed by atoms with Crippen molar-refractivity contribution in [1.82, 2.24) is 18.9 Å². The zero-order valence-corrected chi connectivity index (χ0v) is 28.8. The summed E-state index contributed by atoms with van der Waals surface area (Å²) in [5, 5.41) is 18.7. The quantitative estimate of drug-likeness (QED) is 0.215. The average molecular weight is 663 g/mol. The molecule has 0 bridgehead atoms. The van der Waals surface area contributed by atoms with Crippen LogP contribution in [0.2, 0.25) is 0 Å². The van der Waals surface area contributed by atoms with Gasteiger partial charge in [0.2, 0.25) is 5.88 Å². The lowest BCUT2D eigenvalue weighted by atomic mass is 9.77. The van der Waals surface area contributed by atoms with Gasteiger partial charge in [-0.1, -0.05) is 6.42 Å². The molecule has 1 aromatic rings. The lowest BCUT2D eigenvalue weighted by molar-refractivity contribution is -0.132. The van der Waals surface area contributed by atoms with Crippen LogP contribution < -0.4 is 17.0 Å². The number of nitrogens with zero attached hydrogens (tertiary/aromatic N) is 4. The molecule has 5 rings (SSSR count). The summed E-state index contributed by atoms with van der Waals surface area (Å²) < 4.78 is 26.8. The number of aromatic nitrogens is 2. The number of hydrogen-bond donors (Lipinski definition) is 3. The van der Waals surface area contributed by atoms with Crippen LogP contribution in [0, 0.1) is 23.2 Å². The molecule has 1 atom stereocenters. The zero-order valence-electron chi connectivity index (χ0n) is 28.0. The van der Waals surface area contributed by atoms with E-state index in [0.717, 1.165) is 28.7 Å². The van der Waals surface area contributed by atoms with E-state index in [1.54, 1.807) is 39.5 Å². The van der Waals surface area contributed by atoms with Crippen molar-refractivity contribution >= 4 is 27.6 Å². The summed E-state index contributed by atoms with van der Waals surface area (Å²) in [5.41, 5.74) is 2.86. The van der Waals surface area contributed by atoms with Crippen LogP contribution in [0.15, 0.2) is 9.59 Å². The minimum atomic E-state index is -3.41. The molecule has 2 saturated carbocycles. The van der Waals surface area contributed by atoms with Crippen LogP contribution in [0.3, 0.4) is 0 Å². The Labute approximate surface area is 270 Å². The Bertz CT molecular complexity index is 1640. The number of nitrogens with two attached hydrogens (primary N) is 1. The fraction of sp³-hybridized carbons (Fsp3) is 0.781. The number of nitrogens with one attached hydrogen (secondary N) is 1. The summed E-state index contributed by atoms with van der Waals surface area (Å²) >= 11 is 0. The van der Waals surface area contributed by atoms with Crippen molar-refractivity contribution in [3.63, 3.8) is 0 Å². The normalized spacial score (nSPS) is 29.6. The summed E-state index contributed by atoms with van der Waals surface area (Å²) in [6.45, 7) is 9.27. The number of carbonyl (C=O) groups excluding carboxylic acids is 2. The maximum absolute atomic E-state index is 13.6. The van der Waals surface area contributed by atoms with Gasteiger partial charge in [-0.05, 0) is 110 Å². The van der Waals surface area contributed by atoms with Crippen LogP contribution in [0.5, 0.6) is 5.88 Å². The number of urea groups is 1. The fourth-order valence-electron chi connectivity index (χ4n) is 8.73. The molecule has 0 radical (unpaired) electrons. The standard InChI is InChI=1S/C32H50N6O7S/c1-30(2)14-21(15-31(3,4)46(30,44)45)18-37-28(42)35(6)27(41)32(37,5)16-19-10-12-22(13-11-19)38-26(40)23(24(33)34)25(39)36(29(38)43)17-20-8-7-9-20/h19-22,39H,7-18H2,1-6H3,(H3,33,34)/t19?,22?,32-/m0/s1. The van der Waals surface area contributed by atoms with Crippen LogP contribution in [0.4, 0.5) is 4.79 Å². The van der Waals surface area contributed by atoms with Gasteiger partial charge >= 0.3 is 11.7 Å². The number of carbonyl (C=O) groups is 2. The number of amidine groups is 1. The molecule has 4 N–H and O–H groups in total. The van der Waals surface area contributed by atoms with Gasteiger partial charge in [-0.2, -0.15) is 0 Å². The van der Waals surface area contributed by atoms with Crippen molar-refractivity contribution in [2.24, 2.45) is 23.5 Å². The highest BCUT2D eigenvalue weighted by Gasteiger charge is 2.57. The number of rotatable bonds is 8. The maximum Gasteiger partial charge on any atom is 0.334 e. The van der Waals surface area contributed by atoms with E-state index >= 15 is 0 Å². The molecule has 2 aliphatic carbocycles. The van der Waals surface area contributed by atoms with Gasteiger partial charge in [0, 0.05) is 26.2 Å². The van der Waals surface area contributed by atoms with Crippen molar-refractivity contribution in [1.29, 1.82) is 5.41 Å². The van der Waals surface area contributed by atoms with Crippen molar-refractivity contribution < 1.29 is 23.1 Å². The molecule has 3 amide bonds. The van der Waals surface area contributed by atoms with Gasteiger partial charge in [0.05, 0.1) is 9.49 Å². The molecule has 2 saturated heterocycles. The summed E-state index contributed by atoms with van der Waals surface area (Å²) in [7, 11) is -1.92. The first-order chi connectivity index (χ1) is 21.2. The third-order valence-corrected chi connectivity index (χ3v) is 14.7. The van der Waals surface area contributed by atoms with Gasteiger partial charge < -0.3 is 15.7 Å². The van der Waals surface area contributed by atoms with Crippen molar-refractivity contribution in [2.45, 2.75) is 126 Å². The first-order valence-corrected chi connectivity index (χ1v) is 18.0. The van der Waals surface area contributed by atoms with Gasteiger partial charge in [-0.15, -0.1) is 0 Å². The molecule has 3 heterocycles. The lowest BCUT2D eigenvalue weighted by Gasteiger charge is -2.46. The smallest absolute Gasteiger partial charge is 0.334 e. The second-order valence-electron chi connectivity index (χ2n) is 15.7. The Morgan fingerprint density at radius 3 is 1.96 bits per heavy atom. The van der Waals surface area contributed by atoms with Crippen LogP contribution in [-0.2, 0) is 21.2 Å². The average Bonchev–Trinajstić information content (AvgIpc) is 3.07. The second kappa shape index (κ2) is 11.5. The number of hydrogen-bond acceptors (Lipinski definition) is 8. The van der Waals surface area contributed by atoms with Gasteiger partial charge in [-0.3, -0.25) is 29.0 Å². The topological polar surface area (TPSA) is 189 Å². The van der Waals surface area contributed by atoms with Crippen LogP contribution in [0.25, 0.3) is 0 Å². The predicted octanol–water partition coefficient (Wildman–Crippen LogP) is 2.96. The number of aromatic hydroxyl groups is 1. The largest absolute Gasteiger partial charge is 0.494 e. The molecular formula is C32H50N6O7S. The number of imide groups is 1. The van der Waals surface area contributed by atoms with E-state index in [2.05, 4.69) is 0 Å². The van der Waals surface area contributed by atoms with Gasteiger partial charge in [0.15, 0.2) is 9.84 Å². The monoisotopic (exact) mass is 662 g/mol. The van der Waals surface area contributed by atoms with Crippen molar-refractivity contribution in [3.05, 3.63) is 26.4 Å². The third-order valence-electron chi connectivity index (χ3n) is 11.5. The first-order valence-electron chi connectivity index (χ1n) is 16.5. The Kier molecular flexibility index (Phi) is 8.56. The van der Waals surface area contributed by atoms with E-state index in [0.29, 0.717) is 44.9 Å². The molecule has 14 heteroatoms. The van der Waals surface area contributed by atoms with Gasteiger partial charge in [0.25, 0.3) is 11.5 Å². The molecule has 256 valence electrons. The maximum atomic E-state index is 13.6. The third kappa shape index (κ3) is 5.37. The second-order valence-corrected chi connectivity index (χ2v) is 18.9. The highest BCUT2D eigenvalue weighted by molar-refractivity contribution is 7.94. The van der Waals surface area contributed by atoms with Crippen LogP contribution in [0.1, 0.15) is 110 Å². The Hall–Kier alpha value is -3.16. The van der Waals surface area contributed by atoms with E-state index in [1.165, 1.54) is 11.6 Å². The van der Waals surface area contributed by atoms with E-state index in [-0.39, 0.29) is 48.3 Å². The van der Waals surface area contributed by atoms with E-state index in [4.69, 9.17) is 11.1 Å². The summed E-state index contributed by atoms with van der Waals surface area (Å²) in [6.07, 6.45) is 6.24. The number of nitrogen functional groups attached to an aromatic ring is 1. The van der Waals surface area contributed by atoms with Crippen molar-refractivity contribution in [2.75, 3.05) is 13.6 Å². The van der Waals surface area contributed by atoms with E-state index in [1.807, 2.05) is 0 Å². The highest BCUT2D eigenvalue weighted by Crippen LogP contribution is 2.46. The zero-order chi connectivity index (χ0) is 34.1. The van der Waals surface area contributed by atoms with Gasteiger partial charge in [-0.25, -0.2) is 18.0 Å². The minimum absolute atomic E-state index is 0.0314. The van der Waals surface area contributed by atoms with Crippen LogP contribution in [-0.4, -0.2) is 78.9 Å². The fourth-order valence-corrected chi connectivity index (χ4v) is 11.1. The minimum Gasteiger partial charge on any atom is -0.494 e. The number of amides is 3. The molecule has 0 spiro atoms. The molecule has 4 fully saturated rings. The lowest BCUT2D eigenvalue weighted by Crippen LogP contribution is -2.56. The van der Waals surface area contributed by atoms with E-state index in [9.17, 15) is 32.7 Å². The Morgan fingerprint density at radius 2 is 1.46 bits per heavy atom. The van der Waals surface area contributed by atoms with Crippen molar-refractivity contribution in [3.8, 4) is 5.88 Å². The number of likely N-dealkylation sites (N-methyl/N-ethyl adjacent to an activating group) is 1. The first kappa shape index (κ1) is 34.2. The predicted molar refractivity (Wildman–Crippen MR) is 174 cm³/mol. The molecule has 2 aliphatic heterocycles. The van der Waals surface area contributed by atoms with E-state index < -0.39 is 53.9 Å². The Balaban J connectivity index is 1.35. The molecule has 0 aromatic carbocycles. The van der Waals surface area contributed by atoms with Gasteiger partial charge in [0.1, 0.15) is 16.9 Å². The molecule has 46 heavy (non-hydrogen) atoms. The summed E-state index contributed by atoms with van der Waals surface area (Å²) in [4.78, 5) is 56.8. The summed E-state index contributed by atoms with van der Waals surface area (Å²) in [5.74, 6) is -1.29. The SMILES string of the molecule is CN1C(=O)N(CC2CC(C)(C)S(=O)(=O)C(C)(C)C2)[C@@](C)(CC2CCC(n3c(=O)c(C(=N)N)c(O)n(CC4CCC4)c3=O)CC2)C1=O. The molecule has 0 unspecified atom stereocenters.